The summed E-state index contributed by atoms with van der Waals surface area (Å²) in [4.78, 5) is 11.2. The van der Waals surface area contributed by atoms with Crippen LogP contribution in [0.5, 0.6) is 5.75 Å². The number of hydrogen-bond acceptors (Lipinski definition) is 2. The minimum Gasteiger partial charge on any atom is -0.490 e. The molecular weight excluding hydrogens is 281 g/mol. The number of aryl methyl sites for hydroxylation is 1. The maximum atomic E-state index is 13.4. The normalized spacial score (nSPS) is 21.2. The lowest BCUT2D eigenvalue weighted by molar-refractivity contribution is -0.116. The van der Waals surface area contributed by atoms with Crippen molar-refractivity contribution in [1.29, 1.82) is 0 Å². The Morgan fingerprint density at radius 1 is 1.55 bits per heavy atom. The SMILES string of the molecule is C=CC(=O)NCC1CCCC(Oc2cc(F)ccc2CC)C1.[HH]. The van der Waals surface area contributed by atoms with Gasteiger partial charge in [-0.25, -0.2) is 4.39 Å². The minimum absolute atomic E-state index is 0. The number of ether oxygens (including phenoxy) is 1. The fraction of sp³-hybridized carbons (Fsp3) is 0.500. The van der Waals surface area contributed by atoms with Gasteiger partial charge in [-0.1, -0.05) is 19.6 Å². The first-order valence-electron chi connectivity index (χ1n) is 7.97. The topological polar surface area (TPSA) is 38.3 Å². The zero-order valence-corrected chi connectivity index (χ0v) is 13.1. The van der Waals surface area contributed by atoms with E-state index in [2.05, 4.69) is 11.9 Å². The molecule has 0 bridgehead atoms. The highest BCUT2D eigenvalue weighted by molar-refractivity contribution is 5.86. The number of nitrogens with one attached hydrogen (secondary N) is 1. The summed E-state index contributed by atoms with van der Waals surface area (Å²) < 4.78 is 19.5. The van der Waals surface area contributed by atoms with E-state index in [0.717, 1.165) is 37.7 Å². The Hall–Kier alpha value is -1.84. The first-order chi connectivity index (χ1) is 10.6. The van der Waals surface area contributed by atoms with Crippen LogP contribution in [0.4, 0.5) is 4.39 Å². The summed E-state index contributed by atoms with van der Waals surface area (Å²) in [6.45, 7) is 6.13. The second-order valence-electron chi connectivity index (χ2n) is 5.83. The van der Waals surface area contributed by atoms with Crippen molar-refractivity contribution in [2.24, 2.45) is 5.92 Å². The van der Waals surface area contributed by atoms with Crippen LogP contribution in [0.15, 0.2) is 30.9 Å². The molecule has 2 unspecified atom stereocenters. The molecule has 0 spiro atoms. The number of carbonyl (C=O) groups is 1. The summed E-state index contributed by atoms with van der Waals surface area (Å²) >= 11 is 0. The number of carbonyl (C=O) groups excluding carboxylic acids is 1. The van der Waals surface area contributed by atoms with Crippen molar-refractivity contribution >= 4 is 5.91 Å². The van der Waals surface area contributed by atoms with Crippen molar-refractivity contribution in [3.8, 4) is 5.75 Å². The average Bonchev–Trinajstić information content (AvgIpc) is 2.53. The molecule has 1 fully saturated rings. The summed E-state index contributed by atoms with van der Waals surface area (Å²) in [5.41, 5.74) is 1.03. The predicted molar refractivity (Wildman–Crippen MR) is 87.5 cm³/mol. The Morgan fingerprint density at radius 2 is 2.36 bits per heavy atom. The molecule has 1 aromatic rings. The van der Waals surface area contributed by atoms with Crippen LogP contribution < -0.4 is 10.1 Å². The van der Waals surface area contributed by atoms with Crippen LogP contribution in [0, 0.1) is 11.7 Å². The largest absolute Gasteiger partial charge is 0.490 e. The number of hydrogen-bond donors (Lipinski definition) is 1. The standard InChI is InChI=1S/C18H24FNO2.H2/c1-3-14-8-9-15(19)11-17(14)22-16-7-5-6-13(10-16)12-20-18(21)4-2;/h4,8-9,11,13,16H,2-3,5-7,10,12H2,1H3,(H,20,21);1H. The van der Waals surface area contributed by atoms with Gasteiger partial charge in [-0.2, -0.15) is 0 Å². The fourth-order valence-corrected chi connectivity index (χ4v) is 2.96. The van der Waals surface area contributed by atoms with Gasteiger partial charge in [-0.3, -0.25) is 4.79 Å². The predicted octanol–water partition coefficient (Wildman–Crippen LogP) is 3.87. The van der Waals surface area contributed by atoms with E-state index in [-0.39, 0.29) is 19.3 Å². The smallest absolute Gasteiger partial charge is 0.243 e. The van der Waals surface area contributed by atoms with Crippen molar-refractivity contribution < 1.29 is 15.3 Å². The van der Waals surface area contributed by atoms with Crippen LogP contribution in [0.2, 0.25) is 0 Å². The molecule has 1 amide bonds. The fourth-order valence-electron chi connectivity index (χ4n) is 2.96. The lowest BCUT2D eigenvalue weighted by Gasteiger charge is -2.30. The Bertz CT molecular complexity index is 536. The molecule has 0 saturated heterocycles. The van der Waals surface area contributed by atoms with Gasteiger partial charge in [-0.05, 0) is 55.7 Å². The van der Waals surface area contributed by atoms with Gasteiger partial charge in [0.1, 0.15) is 11.6 Å². The van der Waals surface area contributed by atoms with Gasteiger partial charge in [-0.15, -0.1) is 0 Å². The zero-order valence-electron chi connectivity index (χ0n) is 13.1. The Morgan fingerprint density at radius 3 is 3.09 bits per heavy atom. The monoisotopic (exact) mass is 307 g/mol. The van der Waals surface area contributed by atoms with Crippen molar-refractivity contribution in [2.45, 2.75) is 45.1 Å². The van der Waals surface area contributed by atoms with Crippen LogP contribution in [-0.4, -0.2) is 18.6 Å². The zero-order chi connectivity index (χ0) is 15.9. The maximum Gasteiger partial charge on any atom is 0.243 e. The molecule has 1 aliphatic rings. The number of amides is 1. The second kappa shape index (κ2) is 7.97. The Kier molecular flexibility index (Phi) is 5.99. The van der Waals surface area contributed by atoms with Gasteiger partial charge in [0.05, 0.1) is 6.10 Å². The molecular formula is C18H26FNO2. The molecule has 0 aliphatic heterocycles. The van der Waals surface area contributed by atoms with E-state index >= 15 is 0 Å². The third-order valence-electron chi connectivity index (χ3n) is 4.19. The molecule has 22 heavy (non-hydrogen) atoms. The number of benzene rings is 1. The molecule has 3 nitrogen and oxygen atoms in total. The van der Waals surface area contributed by atoms with Crippen LogP contribution in [-0.2, 0) is 11.2 Å². The molecule has 0 heterocycles. The third-order valence-corrected chi connectivity index (χ3v) is 4.19. The molecule has 2 rings (SSSR count). The summed E-state index contributed by atoms with van der Waals surface area (Å²) in [7, 11) is 0. The lowest BCUT2D eigenvalue weighted by atomic mass is 9.87. The van der Waals surface area contributed by atoms with E-state index in [4.69, 9.17) is 4.74 Å². The Balaban J connectivity index is 0.00000264. The van der Waals surface area contributed by atoms with Gasteiger partial charge < -0.3 is 10.1 Å². The first-order valence-corrected chi connectivity index (χ1v) is 7.97. The van der Waals surface area contributed by atoms with Crippen molar-refractivity contribution in [1.82, 2.24) is 5.32 Å². The number of halogens is 1. The van der Waals surface area contributed by atoms with E-state index < -0.39 is 0 Å². The highest BCUT2D eigenvalue weighted by Gasteiger charge is 2.24. The van der Waals surface area contributed by atoms with Gasteiger partial charge >= 0.3 is 0 Å². The summed E-state index contributed by atoms with van der Waals surface area (Å²) in [5.74, 6) is 0.656. The van der Waals surface area contributed by atoms with Crippen LogP contribution >= 0.6 is 0 Å². The van der Waals surface area contributed by atoms with Gasteiger partial charge in [0.15, 0.2) is 0 Å². The summed E-state index contributed by atoms with van der Waals surface area (Å²) in [6.07, 6.45) is 6.21. The molecule has 4 heteroatoms. The van der Waals surface area contributed by atoms with Crippen molar-refractivity contribution in [3.63, 3.8) is 0 Å². The molecule has 122 valence electrons. The molecule has 0 aromatic heterocycles. The second-order valence-corrected chi connectivity index (χ2v) is 5.83. The molecule has 1 aliphatic carbocycles. The van der Waals surface area contributed by atoms with Gasteiger partial charge in [0.25, 0.3) is 0 Å². The van der Waals surface area contributed by atoms with E-state index in [1.807, 2.05) is 6.92 Å². The maximum absolute atomic E-state index is 13.4. The average molecular weight is 307 g/mol. The van der Waals surface area contributed by atoms with Crippen molar-refractivity contribution in [3.05, 3.63) is 42.2 Å². The molecule has 1 N–H and O–H groups in total. The van der Waals surface area contributed by atoms with Crippen LogP contribution in [0.3, 0.4) is 0 Å². The highest BCUT2D eigenvalue weighted by atomic mass is 19.1. The quantitative estimate of drug-likeness (QED) is 0.810. The molecule has 2 atom stereocenters. The highest BCUT2D eigenvalue weighted by Crippen LogP contribution is 2.29. The molecule has 1 saturated carbocycles. The summed E-state index contributed by atoms with van der Waals surface area (Å²) in [6, 6.07) is 4.73. The van der Waals surface area contributed by atoms with Crippen LogP contribution in [0.1, 0.15) is 39.6 Å². The van der Waals surface area contributed by atoms with E-state index in [1.54, 1.807) is 6.07 Å². The van der Waals surface area contributed by atoms with Crippen molar-refractivity contribution in [2.75, 3.05) is 6.54 Å². The van der Waals surface area contributed by atoms with Gasteiger partial charge in [0, 0.05) is 14.0 Å². The van der Waals surface area contributed by atoms with E-state index in [0.29, 0.717) is 18.2 Å². The Labute approximate surface area is 133 Å². The van der Waals surface area contributed by atoms with E-state index in [9.17, 15) is 9.18 Å². The molecule has 1 aromatic carbocycles. The third kappa shape index (κ3) is 4.58. The minimum atomic E-state index is -0.266. The van der Waals surface area contributed by atoms with E-state index in [1.165, 1.54) is 18.2 Å². The van der Waals surface area contributed by atoms with Crippen LogP contribution in [0.25, 0.3) is 0 Å². The molecule has 0 radical (unpaired) electrons. The lowest BCUT2D eigenvalue weighted by Crippen LogP contribution is -2.34. The summed E-state index contributed by atoms with van der Waals surface area (Å²) in [5, 5.41) is 2.85. The first kappa shape index (κ1) is 16.5. The number of rotatable bonds is 6. The van der Waals surface area contributed by atoms with Gasteiger partial charge in [0.2, 0.25) is 5.91 Å².